The highest BCUT2D eigenvalue weighted by Crippen LogP contribution is 2.28. The second-order valence-electron chi connectivity index (χ2n) is 9.34. The second kappa shape index (κ2) is 13.6. The Kier molecular flexibility index (Phi) is 10.3. The Balaban J connectivity index is 1.59. The third kappa shape index (κ3) is 7.93. The predicted octanol–water partition coefficient (Wildman–Crippen LogP) is 2.05. The van der Waals surface area contributed by atoms with Crippen molar-refractivity contribution in [3.8, 4) is 5.75 Å². The number of carboxylic acid groups (broad SMARTS) is 1. The molecular formula is C27H36N4O6. The van der Waals surface area contributed by atoms with Crippen LogP contribution in [0.15, 0.2) is 54.6 Å². The molecule has 1 heterocycles. The zero-order valence-electron chi connectivity index (χ0n) is 21.6. The lowest BCUT2D eigenvalue weighted by atomic mass is 10.0. The standard InChI is InChI=1S/C27H36N4O6/c1-19(2)17-21(29-37-18-20-9-5-4-6-10-20)25(32)28-24(27(34)35)26(33)31-15-13-30(14-16-31)22-11-7-8-12-23(22)36-3/h4-12,19,21,24,29H,13-18H2,1-3H3,(H,28,32)(H,34,35)/t21-,24?/m0/s1. The van der Waals surface area contributed by atoms with E-state index in [1.165, 1.54) is 4.90 Å². The summed E-state index contributed by atoms with van der Waals surface area (Å²) < 4.78 is 5.43. The van der Waals surface area contributed by atoms with Crippen LogP contribution >= 0.6 is 0 Å². The summed E-state index contributed by atoms with van der Waals surface area (Å²) in [5, 5.41) is 12.2. The van der Waals surface area contributed by atoms with Crippen LogP contribution in [0.5, 0.6) is 5.75 Å². The highest BCUT2D eigenvalue weighted by atomic mass is 16.6. The van der Waals surface area contributed by atoms with E-state index in [9.17, 15) is 19.5 Å². The Morgan fingerprint density at radius 3 is 2.24 bits per heavy atom. The van der Waals surface area contributed by atoms with Gasteiger partial charge in [-0.15, -0.1) is 0 Å². The summed E-state index contributed by atoms with van der Waals surface area (Å²) in [6.45, 7) is 5.80. The normalized spacial score (nSPS) is 15.2. The fourth-order valence-corrected chi connectivity index (χ4v) is 4.19. The third-order valence-corrected chi connectivity index (χ3v) is 6.13. The van der Waals surface area contributed by atoms with Crippen molar-refractivity contribution >= 4 is 23.5 Å². The number of methoxy groups -OCH3 is 1. The van der Waals surface area contributed by atoms with Crippen LogP contribution in [0.2, 0.25) is 0 Å². The van der Waals surface area contributed by atoms with Gasteiger partial charge in [0, 0.05) is 26.2 Å². The lowest BCUT2D eigenvalue weighted by Crippen LogP contribution is -2.59. The molecule has 3 rings (SSSR count). The maximum atomic E-state index is 13.1. The monoisotopic (exact) mass is 512 g/mol. The summed E-state index contributed by atoms with van der Waals surface area (Å²) >= 11 is 0. The molecular weight excluding hydrogens is 476 g/mol. The van der Waals surface area contributed by atoms with Gasteiger partial charge in [0.1, 0.15) is 11.8 Å². The van der Waals surface area contributed by atoms with Gasteiger partial charge in [-0.1, -0.05) is 56.3 Å². The molecule has 10 heteroatoms. The predicted molar refractivity (Wildman–Crippen MR) is 139 cm³/mol. The quantitative estimate of drug-likeness (QED) is 0.292. The average molecular weight is 513 g/mol. The maximum absolute atomic E-state index is 13.1. The average Bonchev–Trinajstić information content (AvgIpc) is 2.91. The van der Waals surface area contributed by atoms with Gasteiger partial charge in [-0.3, -0.25) is 14.4 Å². The van der Waals surface area contributed by atoms with Gasteiger partial charge in [0.05, 0.1) is 19.4 Å². The summed E-state index contributed by atoms with van der Waals surface area (Å²) in [6, 6.07) is 14.6. The second-order valence-corrected chi connectivity index (χ2v) is 9.34. The minimum atomic E-state index is -1.68. The van der Waals surface area contributed by atoms with E-state index in [2.05, 4.69) is 15.7 Å². The number of anilines is 1. The summed E-state index contributed by atoms with van der Waals surface area (Å²) in [4.78, 5) is 47.2. The van der Waals surface area contributed by atoms with Crippen LogP contribution in [0.1, 0.15) is 25.8 Å². The Morgan fingerprint density at radius 1 is 0.973 bits per heavy atom. The van der Waals surface area contributed by atoms with Crippen LogP contribution in [-0.2, 0) is 25.8 Å². The molecule has 1 aliphatic rings. The molecule has 0 radical (unpaired) electrons. The van der Waals surface area contributed by atoms with Crippen molar-refractivity contribution in [1.29, 1.82) is 0 Å². The van der Waals surface area contributed by atoms with Crippen molar-refractivity contribution in [3.63, 3.8) is 0 Å². The summed E-state index contributed by atoms with van der Waals surface area (Å²) in [5.74, 6) is -1.79. The first-order valence-corrected chi connectivity index (χ1v) is 12.4. The van der Waals surface area contributed by atoms with Crippen LogP contribution in [-0.4, -0.2) is 73.2 Å². The van der Waals surface area contributed by atoms with E-state index in [-0.39, 0.29) is 12.5 Å². The van der Waals surface area contributed by atoms with Gasteiger partial charge in [0.25, 0.3) is 5.91 Å². The van der Waals surface area contributed by atoms with Gasteiger partial charge in [-0.2, -0.15) is 5.48 Å². The molecule has 2 aromatic rings. The number of nitrogens with one attached hydrogen (secondary N) is 2. The molecule has 0 spiro atoms. The fraction of sp³-hybridized carbons (Fsp3) is 0.444. The van der Waals surface area contributed by atoms with Crippen molar-refractivity contribution < 1.29 is 29.1 Å². The lowest BCUT2D eigenvalue weighted by Gasteiger charge is -2.37. The smallest absolute Gasteiger partial charge is 0.336 e. The van der Waals surface area contributed by atoms with Gasteiger partial charge < -0.3 is 25.0 Å². The van der Waals surface area contributed by atoms with Crippen molar-refractivity contribution in [2.75, 3.05) is 38.2 Å². The molecule has 1 unspecified atom stereocenters. The summed E-state index contributed by atoms with van der Waals surface area (Å²) in [5.41, 5.74) is 4.58. The Labute approximate surface area is 217 Å². The van der Waals surface area contributed by atoms with E-state index < -0.39 is 29.9 Å². The first-order valence-electron chi connectivity index (χ1n) is 12.4. The first-order chi connectivity index (χ1) is 17.8. The van der Waals surface area contributed by atoms with Crippen molar-refractivity contribution in [2.45, 2.75) is 39.0 Å². The molecule has 2 atom stereocenters. The number of carbonyl (C=O) groups is 3. The number of rotatable bonds is 12. The Bertz CT molecular complexity index is 1040. The van der Waals surface area contributed by atoms with Gasteiger partial charge in [-0.25, -0.2) is 4.79 Å². The van der Waals surface area contributed by atoms with Crippen molar-refractivity contribution in [3.05, 3.63) is 60.2 Å². The van der Waals surface area contributed by atoms with E-state index >= 15 is 0 Å². The number of para-hydroxylation sites is 2. The molecule has 0 bridgehead atoms. The minimum absolute atomic E-state index is 0.130. The van der Waals surface area contributed by atoms with Gasteiger partial charge in [0.2, 0.25) is 11.9 Å². The van der Waals surface area contributed by atoms with Gasteiger partial charge in [-0.05, 0) is 30.0 Å². The number of benzene rings is 2. The lowest BCUT2D eigenvalue weighted by molar-refractivity contribution is -0.151. The molecule has 200 valence electrons. The van der Waals surface area contributed by atoms with Crippen LogP contribution in [0.3, 0.4) is 0 Å². The number of piperazine rings is 1. The molecule has 0 aliphatic carbocycles. The topological polar surface area (TPSA) is 120 Å². The van der Waals surface area contributed by atoms with Crippen LogP contribution in [0.4, 0.5) is 5.69 Å². The molecule has 37 heavy (non-hydrogen) atoms. The molecule has 2 aromatic carbocycles. The zero-order chi connectivity index (χ0) is 26.8. The van der Waals surface area contributed by atoms with Crippen LogP contribution in [0, 0.1) is 5.92 Å². The zero-order valence-corrected chi connectivity index (χ0v) is 21.6. The molecule has 10 nitrogen and oxygen atoms in total. The van der Waals surface area contributed by atoms with E-state index in [1.54, 1.807) is 7.11 Å². The number of nitrogens with zero attached hydrogens (tertiary/aromatic N) is 2. The number of amides is 2. The largest absolute Gasteiger partial charge is 0.495 e. The summed E-state index contributed by atoms with van der Waals surface area (Å²) in [7, 11) is 1.60. The molecule has 1 aliphatic heterocycles. The number of hydrogen-bond donors (Lipinski definition) is 3. The minimum Gasteiger partial charge on any atom is -0.495 e. The van der Waals surface area contributed by atoms with Gasteiger partial charge >= 0.3 is 5.97 Å². The molecule has 0 aromatic heterocycles. The number of carboxylic acids is 1. The van der Waals surface area contributed by atoms with Crippen molar-refractivity contribution in [2.24, 2.45) is 5.92 Å². The highest BCUT2D eigenvalue weighted by Gasteiger charge is 2.35. The first kappa shape index (κ1) is 27.9. The van der Waals surface area contributed by atoms with E-state index in [0.29, 0.717) is 32.6 Å². The third-order valence-electron chi connectivity index (χ3n) is 6.13. The number of hydroxylamine groups is 1. The number of ether oxygens (including phenoxy) is 1. The highest BCUT2D eigenvalue weighted by molar-refractivity contribution is 6.04. The molecule has 2 amide bonds. The van der Waals surface area contributed by atoms with Crippen LogP contribution in [0.25, 0.3) is 0 Å². The number of hydrogen-bond acceptors (Lipinski definition) is 7. The van der Waals surface area contributed by atoms with Crippen LogP contribution < -0.4 is 20.4 Å². The number of aliphatic carboxylic acids is 1. The van der Waals surface area contributed by atoms with Gasteiger partial charge in [0.15, 0.2) is 0 Å². The summed E-state index contributed by atoms with van der Waals surface area (Å²) in [6.07, 6.45) is 0.402. The SMILES string of the molecule is COc1ccccc1N1CCN(C(=O)C(NC(=O)[C@H](CC(C)C)NOCc2ccccc2)C(=O)O)CC1. The molecule has 3 N–H and O–H groups in total. The number of carbonyl (C=O) groups excluding carboxylic acids is 2. The Hall–Kier alpha value is -3.63. The molecule has 0 saturated carbocycles. The fourth-order valence-electron chi connectivity index (χ4n) is 4.19. The van der Waals surface area contributed by atoms with Crippen molar-refractivity contribution in [1.82, 2.24) is 15.7 Å². The Morgan fingerprint density at radius 2 is 1.62 bits per heavy atom. The molecule has 1 fully saturated rings. The molecule has 1 saturated heterocycles. The van der Waals surface area contributed by atoms with E-state index in [1.807, 2.05) is 68.4 Å². The maximum Gasteiger partial charge on any atom is 0.336 e. The van der Waals surface area contributed by atoms with E-state index in [4.69, 9.17) is 9.57 Å². The van der Waals surface area contributed by atoms with E-state index in [0.717, 1.165) is 17.0 Å².